The molecule has 0 spiro atoms. The molecule has 1 unspecified atom stereocenters. The fourth-order valence-corrected chi connectivity index (χ4v) is 2.10. The number of ether oxygens (including phenoxy) is 2. The van der Waals surface area contributed by atoms with Crippen molar-refractivity contribution in [3.05, 3.63) is 35.9 Å². The van der Waals surface area contributed by atoms with Crippen molar-refractivity contribution in [2.75, 3.05) is 19.7 Å². The number of hydrogen-bond donors (Lipinski definition) is 1. The van der Waals surface area contributed by atoms with Crippen LogP contribution < -0.4 is 4.74 Å². The zero-order valence-corrected chi connectivity index (χ0v) is 12.3. The van der Waals surface area contributed by atoms with E-state index >= 15 is 0 Å². The highest BCUT2D eigenvalue weighted by molar-refractivity contribution is 5.92. The molecule has 130 valence electrons. The van der Waals surface area contributed by atoms with E-state index < -0.39 is 30.1 Å². The molecule has 1 aromatic rings. The van der Waals surface area contributed by atoms with Crippen molar-refractivity contribution in [1.82, 2.24) is 4.90 Å². The van der Waals surface area contributed by atoms with Gasteiger partial charge in [0.1, 0.15) is 5.75 Å². The summed E-state index contributed by atoms with van der Waals surface area (Å²) >= 11 is 0. The Morgan fingerprint density at radius 3 is 2.71 bits per heavy atom. The van der Waals surface area contributed by atoms with Crippen LogP contribution in [0.25, 0.3) is 6.08 Å². The van der Waals surface area contributed by atoms with Gasteiger partial charge in [-0.05, 0) is 12.1 Å². The fraction of sp³-hybridized carbons (Fsp3) is 0.333. The molecule has 0 aliphatic carbocycles. The molecule has 0 radical (unpaired) electrons. The average molecular weight is 345 g/mol. The number of carbonyl (C=O) groups is 2. The van der Waals surface area contributed by atoms with Gasteiger partial charge in [-0.15, -0.1) is 13.2 Å². The summed E-state index contributed by atoms with van der Waals surface area (Å²) in [5.41, 5.74) is 0.0752. The maximum Gasteiger partial charge on any atom is 0.573 e. The number of rotatable bonds is 4. The van der Waals surface area contributed by atoms with Crippen molar-refractivity contribution in [3.63, 3.8) is 0 Å². The number of carboxylic acids is 1. The molecule has 1 amide bonds. The van der Waals surface area contributed by atoms with Crippen molar-refractivity contribution < 1.29 is 37.3 Å². The highest BCUT2D eigenvalue weighted by Gasteiger charge is 2.32. The molecule has 1 heterocycles. The third-order valence-electron chi connectivity index (χ3n) is 3.20. The highest BCUT2D eigenvalue weighted by Crippen LogP contribution is 2.27. The quantitative estimate of drug-likeness (QED) is 0.844. The SMILES string of the molecule is O=C(O)C1CN(C(=O)C=Cc2ccccc2OC(F)(F)F)CCO1. The molecule has 1 fully saturated rings. The number of morpholine rings is 1. The van der Waals surface area contributed by atoms with Crippen molar-refractivity contribution in [1.29, 1.82) is 0 Å². The second-order valence-corrected chi connectivity index (χ2v) is 4.90. The molecular formula is C15H14F3NO5. The van der Waals surface area contributed by atoms with Gasteiger partial charge in [-0.3, -0.25) is 4.79 Å². The fourth-order valence-electron chi connectivity index (χ4n) is 2.10. The first-order valence-electron chi connectivity index (χ1n) is 6.92. The Bertz CT molecular complexity index is 644. The van der Waals surface area contributed by atoms with Crippen molar-refractivity contribution in [2.45, 2.75) is 12.5 Å². The molecule has 1 aliphatic rings. The van der Waals surface area contributed by atoms with Gasteiger partial charge in [0.15, 0.2) is 6.10 Å². The van der Waals surface area contributed by atoms with Crippen LogP contribution in [0.5, 0.6) is 5.75 Å². The predicted octanol–water partition coefficient (Wildman–Crippen LogP) is 1.91. The average Bonchev–Trinajstić information content (AvgIpc) is 2.52. The molecule has 1 N–H and O–H groups in total. The van der Waals surface area contributed by atoms with Crippen LogP contribution in [-0.4, -0.2) is 54.0 Å². The van der Waals surface area contributed by atoms with Crippen molar-refractivity contribution in [3.8, 4) is 5.75 Å². The summed E-state index contributed by atoms with van der Waals surface area (Å²) in [6.45, 7) is 0.150. The summed E-state index contributed by atoms with van der Waals surface area (Å²) in [6, 6.07) is 5.37. The second-order valence-electron chi connectivity index (χ2n) is 4.90. The highest BCUT2D eigenvalue weighted by atomic mass is 19.4. The molecule has 1 saturated heterocycles. The van der Waals surface area contributed by atoms with Gasteiger partial charge in [0.25, 0.3) is 0 Å². The molecule has 6 nitrogen and oxygen atoms in total. The number of aliphatic carboxylic acids is 1. The predicted molar refractivity (Wildman–Crippen MR) is 76.1 cm³/mol. The third-order valence-corrected chi connectivity index (χ3v) is 3.20. The van der Waals surface area contributed by atoms with Crippen molar-refractivity contribution in [2.24, 2.45) is 0 Å². The lowest BCUT2D eigenvalue weighted by molar-refractivity contribution is -0.274. The molecule has 24 heavy (non-hydrogen) atoms. The Morgan fingerprint density at radius 1 is 1.33 bits per heavy atom. The molecule has 0 aromatic heterocycles. The minimum absolute atomic E-state index is 0.0737. The summed E-state index contributed by atoms with van der Waals surface area (Å²) in [5, 5.41) is 8.89. The van der Waals surface area contributed by atoms with Gasteiger partial charge in [-0.25, -0.2) is 4.79 Å². The molecule has 1 atom stereocenters. The van der Waals surface area contributed by atoms with Crippen molar-refractivity contribution >= 4 is 18.0 Å². The Balaban J connectivity index is 2.08. The molecule has 1 aromatic carbocycles. The first-order chi connectivity index (χ1) is 11.3. The zero-order chi connectivity index (χ0) is 17.7. The van der Waals surface area contributed by atoms with Gasteiger partial charge in [-0.1, -0.05) is 18.2 Å². The van der Waals surface area contributed by atoms with Gasteiger partial charge in [0.05, 0.1) is 13.2 Å². The Kier molecular flexibility index (Phi) is 5.45. The number of carbonyl (C=O) groups excluding carboxylic acids is 1. The van der Waals surface area contributed by atoms with E-state index in [9.17, 15) is 22.8 Å². The largest absolute Gasteiger partial charge is 0.573 e. The maximum atomic E-state index is 12.3. The lowest BCUT2D eigenvalue weighted by Crippen LogP contribution is -2.48. The molecular weight excluding hydrogens is 331 g/mol. The number of para-hydroxylation sites is 1. The third kappa shape index (κ3) is 4.98. The van der Waals surface area contributed by atoms with E-state index in [1.54, 1.807) is 0 Å². The lowest BCUT2D eigenvalue weighted by Gasteiger charge is -2.30. The van der Waals surface area contributed by atoms with Gasteiger partial charge in [0, 0.05) is 18.2 Å². The number of carboxylic acid groups (broad SMARTS) is 1. The Labute approximate surface area is 135 Å². The Hall–Kier alpha value is -2.55. The first-order valence-corrected chi connectivity index (χ1v) is 6.92. The summed E-state index contributed by atoms with van der Waals surface area (Å²) in [5.74, 6) is -2.13. The molecule has 0 saturated carbocycles. The first kappa shape index (κ1) is 17.8. The number of nitrogens with zero attached hydrogens (tertiary/aromatic N) is 1. The summed E-state index contributed by atoms with van der Waals surface area (Å²) in [4.78, 5) is 24.2. The van der Waals surface area contributed by atoms with E-state index in [1.165, 1.54) is 29.2 Å². The van der Waals surface area contributed by atoms with Crippen LogP contribution >= 0.6 is 0 Å². The van der Waals surface area contributed by atoms with Gasteiger partial charge in [0.2, 0.25) is 5.91 Å². The molecule has 2 rings (SSSR count). The van der Waals surface area contributed by atoms with Gasteiger partial charge < -0.3 is 19.5 Å². The van der Waals surface area contributed by atoms with E-state index in [4.69, 9.17) is 9.84 Å². The number of benzene rings is 1. The van der Waals surface area contributed by atoms with Crippen LogP contribution in [0.3, 0.4) is 0 Å². The molecule has 0 bridgehead atoms. The van der Waals surface area contributed by atoms with Gasteiger partial charge in [-0.2, -0.15) is 0 Å². The topological polar surface area (TPSA) is 76.1 Å². The Morgan fingerprint density at radius 2 is 2.04 bits per heavy atom. The monoisotopic (exact) mass is 345 g/mol. The van der Waals surface area contributed by atoms with Gasteiger partial charge >= 0.3 is 12.3 Å². The maximum absolute atomic E-state index is 12.3. The van der Waals surface area contributed by atoms with Crippen LogP contribution in [0, 0.1) is 0 Å². The van der Waals surface area contributed by atoms with E-state index in [0.29, 0.717) is 0 Å². The van der Waals surface area contributed by atoms with E-state index in [1.807, 2.05) is 0 Å². The van der Waals surface area contributed by atoms with Crippen LogP contribution in [0.1, 0.15) is 5.56 Å². The van der Waals surface area contributed by atoms with E-state index in [-0.39, 0.29) is 25.3 Å². The standard InChI is InChI=1S/C15H14F3NO5/c16-15(17,18)24-11-4-2-1-3-10(11)5-6-13(20)19-7-8-23-12(9-19)14(21)22/h1-6,12H,7-9H2,(H,21,22). The number of hydrogen-bond acceptors (Lipinski definition) is 4. The van der Waals surface area contributed by atoms with Crippen LogP contribution in [0.4, 0.5) is 13.2 Å². The number of alkyl halides is 3. The smallest absolute Gasteiger partial charge is 0.479 e. The number of amides is 1. The van der Waals surface area contributed by atoms with Crippen LogP contribution in [0.15, 0.2) is 30.3 Å². The number of halogens is 3. The van der Waals surface area contributed by atoms with Crippen LogP contribution in [0.2, 0.25) is 0 Å². The molecule has 9 heteroatoms. The molecule has 1 aliphatic heterocycles. The second kappa shape index (κ2) is 7.35. The minimum atomic E-state index is -4.84. The summed E-state index contributed by atoms with van der Waals surface area (Å²) in [6.07, 6.45) is -3.69. The zero-order valence-electron chi connectivity index (χ0n) is 12.3. The van der Waals surface area contributed by atoms with Crippen LogP contribution in [-0.2, 0) is 14.3 Å². The minimum Gasteiger partial charge on any atom is -0.479 e. The van der Waals surface area contributed by atoms with E-state index in [2.05, 4.69) is 4.74 Å². The summed E-state index contributed by atoms with van der Waals surface area (Å²) in [7, 11) is 0. The normalized spacial score (nSPS) is 18.6. The lowest BCUT2D eigenvalue weighted by atomic mass is 10.2. The van der Waals surface area contributed by atoms with E-state index in [0.717, 1.165) is 12.1 Å². The summed E-state index contributed by atoms with van der Waals surface area (Å²) < 4.78 is 45.9.